The molecule has 496 valence electrons. The van der Waals surface area contributed by atoms with E-state index in [0.717, 1.165) is 21.8 Å². The molecule has 2 aromatic carbocycles. The number of guanidine groups is 1. The number of aliphatic imine (C=N–C) groups is 1. The molecule has 0 aliphatic carbocycles. The number of aliphatic carboxylic acids is 1. The summed E-state index contributed by atoms with van der Waals surface area (Å²) in [5, 5.41) is 35.6. The quantitative estimate of drug-likeness (QED) is 0.0129. The maximum atomic E-state index is 14.6. The lowest BCUT2D eigenvalue weighted by Crippen LogP contribution is -2.59. The number of carbonyl (C=O) groups excluding carboxylic acids is 9. The number of nitrogens with two attached hydrogens (primary N) is 3. The van der Waals surface area contributed by atoms with Crippen molar-refractivity contribution in [1.29, 1.82) is 0 Å². The maximum absolute atomic E-state index is 14.6. The number of amides is 9. The van der Waals surface area contributed by atoms with Gasteiger partial charge in [0.05, 0.1) is 31.8 Å². The third-order valence-corrected chi connectivity index (χ3v) is 15.9. The van der Waals surface area contributed by atoms with E-state index in [4.69, 9.17) is 17.2 Å². The normalized spacial score (nSPS) is 14.2. The van der Waals surface area contributed by atoms with Crippen molar-refractivity contribution in [3.63, 3.8) is 0 Å². The van der Waals surface area contributed by atoms with Crippen LogP contribution < -0.4 is 65.1 Å². The summed E-state index contributed by atoms with van der Waals surface area (Å²) >= 11 is 1.37. The molecule has 0 fully saturated rings. The van der Waals surface area contributed by atoms with E-state index in [2.05, 4.69) is 82.7 Å². The first-order valence-corrected chi connectivity index (χ1v) is 31.7. The Morgan fingerprint density at radius 2 is 1.07 bits per heavy atom. The molecule has 0 spiro atoms. The van der Waals surface area contributed by atoms with Gasteiger partial charge in [-0.3, -0.25) is 48.1 Å². The van der Waals surface area contributed by atoms with Crippen LogP contribution in [0.4, 0.5) is 0 Å². The minimum atomic E-state index is -1.40. The van der Waals surface area contributed by atoms with Crippen LogP contribution in [-0.2, 0) is 73.6 Å². The SMILES string of the molecule is CC[C@H](C)[C@H](NC(=O)[C@@H](N)Cc1cnc[nH]1)C(=O)N[C@@H](CC(C)C)C(=O)NCC(=O)N[C@@H](CCCN=C(N)N)C(=O)N[C@@H](CCSC)C(=O)N[C@@H](Cc1c[nH]c2ccccc12)C(=O)NCC(=O)N[C@@H](Cc1cnc[nH]1)C(=O)N[C@@H](Cc1c[nH]c2ccccc12)C(=O)O. The smallest absolute Gasteiger partial charge is 0.326 e. The van der Waals surface area contributed by atoms with Gasteiger partial charge in [0, 0.05) is 90.2 Å². The summed E-state index contributed by atoms with van der Waals surface area (Å²) in [5.74, 6) is -8.53. The molecule has 92 heavy (non-hydrogen) atoms. The molecule has 6 aromatic rings. The molecule has 0 saturated carbocycles. The zero-order valence-electron chi connectivity index (χ0n) is 52.1. The van der Waals surface area contributed by atoms with E-state index >= 15 is 0 Å². The van der Waals surface area contributed by atoms with Crippen molar-refractivity contribution < 1.29 is 53.1 Å². The second-order valence-electron chi connectivity index (χ2n) is 22.8. The van der Waals surface area contributed by atoms with Crippen molar-refractivity contribution in [3.05, 3.63) is 108 Å². The number of thioether (sulfide) groups is 1. The van der Waals surface area contributed by atoms with Crippen LogP contribution in [0.25, 0.3) is 21.8 Å². The average molecular weight is 1290 g/mol. The van der Waals surface area contributed by atoms with Gasteiger partial charge in [0.2, 0.25) is 53.2 Å². The van der Waals surface area contributed by atoms with Crippen LogP contribution in [0.1, 0.15) is 82.3 Å². The number of aromatic amines is 4. The number of nitrogens with zero attached hydrogens (tertiary/aromatic N) is 3. The third kappa shape index (κ3) is 22.0. The number of carbonyl (C=O) groups is 10. The Hall–Kier alpha value is -9.78. The van der Waals surface area contributed by atoms with Crippen molar-refractivity contribution in [2.24, 2.45) is 34.0 Å². The number of nitrogens with one attached hydrogen (secondary N) is 13. The zero-order chi connectivity index (χ0) is 66.9. The number of aromatic nitrogens is 6. The molecule has 0 bridgehead atoms. The molecule has 20 N–H and O–H groups in total. The first-order valence-electron chi connectivity index (χ1n) is 30.3. The molecule has 6 rings (SSSR count). The molecular weight excluding hydrogens is 1210 g/mol. The monoisotopic (exact) mass is 1290 g/mol. The first kappa shape index (κ1) is 71.3. The summed E-state index contributed by atoms with van der Waals surface area (Å²) in [6, 6.07) is 4.52. The fourth-order valence-corrected chi connectivity index (χ4v) is 10.6. The molecule has 0 unspecified atom stereocenters. The summed E-state index contributed by atoms with van der Waals surface area (Å²) in [7, 11) is 0. The van der Waals surface area contributed by atoms with Crippen LogP contribution in [0.5, 0.6) is 0 Å². The van der Waals surface area contributed by atoms with Gasteiger partial charge in [0.1, 0.15) is 42.3 Å². The number of fused-ring (bicyclic) bond motifs is 2. The van der Waals surface area contributed by atoms with Crippen molar-refractivity contribution >= 4 is 98.7 Å². The van der Waals surface area contributed by atoms with E-state index in [1.165, 1.54) is 36.8 Å². The Kier molecular flexibility index (Phi) is 27.6. The maximum Gasteiger partial charge on any atom is 0.326 e. The lowest BCUT2D eigenvalue weighted by Gasteiger charge is -2.28. The van der Waals surface area contributed by atoms with Gasteiger partial charge >= 0.3 is 5.97 Å². The number of benzene rings is 2. The van der Waals surface area contributed by atoms with Crippen LogP contribution in [0.15, 0.2) is 91.0 Å². The van der Waals surface area contributed by atoms with Gasteiger partial charge in [0.15, 0.2) is 5.96 Å². The van der Waals surface area contributed by atoms with Gasteiger partial charge in [-0.05, 0) is 72.8 Å². The van der Waals surface area contributed by atoms with E-state index in [1.54, 1.807) is 37.7 Å². The van der Waals surface area contributed by atoms with Gasteiger partial charge in [-0.2, -0.15) is 11.8 Å². The van der Waals surface area contributed by atoms with Gasteiger partial charge in [0.25, 0.3) is 0 Å². The molecule has 9 atom stereocenters. The zero-order valence-corrected chi connectivity index (χ0v) is 52.9. The van der Waals surface area contributed by atoms with Gasteiger partial charge < -0.3 is 90.1 Å². The standard InChI is InChI=1S/C61H85N19O11S/c1-6-34(4)52(80-53(83)41(62)23-37-27-65-31-72-37)59(89)78-46(20-33(2)3)54(84)70-29-50(81)74-44(16-11-18-67-61(63)64)56(86)76-45(17-19-92-5)57(87)77-47(21-35-25-68-42-14-9-7-12-39(35)42)55(85)71-30-51(82)75-48(24-38-28-66-32-73-38)58(88)79-49(60(90)91)22-36-26-69-43-15-10-8-13-40(36)43/h7-10,12-15,25-28,31-34,41,44-49,52,68-69H,6,11,16-24,29-30,62H2,1-5H3,(H,65,72)(H,66,73)(H,70,84)(H,71,85)(H,74,81)(H,75,82)(H,76,86)(H,77,87)(H,78,89)(H,79,88)(H,80,83)(H,90,91)(H4,63,64,67)/t34-,41-,44-,45-,46-,47-,48-,49-,52-/m0/s1. The highest BCUT2D eigenvalue weighted by atomic mass is 32.2. The van der Waals surface area contributed by atoms with Gasteiger partial charge in [-0.1, -0.05) is 70.5 Å². The number of rotatable bonds is 38. The fourth-order valence-electron chi connectivity index (χ4n) is 10.1. The van der Waals surface area contributed by atoms with E-state index in [-0.39, 0.29) is 75.7 Å². The molecule has 4 aromatic heterocycles. The number of para-hydroxylation sites is 2. The molecule has 0 radical (unpaired) electrons. The molecule has 30 nitrogen and oxygen atoms in total. The van der Waals surface area contributed by atoms with Crippen molar-refractivity contribution in [2.75, 3.05) is 31.6 Å². The Bertz CT molecular complexity index is 3480. The summed E-state index contributed by atoms with van der Waals surface area (Å²) < 4.78 is 0. The van der Waals surface area contributed by atoms with E-state index in [9.17, 15) is 53.1 Å². The third-order valence-electron chi connectivity index (χ3n) is 15.2. The van der Waals surface area contributed by atoms with Crippen molar-refractivity contribution in [1.82, 2.24) is 77.8 Å². The Labute approximate surface area is 535 Å². The van der Waals surface area contributed by atoms with Gasteiger partial charge in [-0.25, -0.2) is 14.8 Å². The average Bonchev–Trinajstić information content (AvgIpc) is 1.94. The van der Waals surface area contributed by atoms with Crippen molar-refractivity contribution in [2.45, 2.75) is 134 Å². The Morgan fingerprint density at radius 1 is 0.576 bits per heavy atom. The molecule has 4 heterocycles. The number of imidazole rings is 2. The van der Waals surface area contributed by atoms with E-state index in [0.29, 0.717) is 34.7 Å². The first-order chi connectivity index (χ1) is 44.0. The Balaban J connectivity index is 1.14. The van der Waals surface area contributed by atoms with Crippen LogP contribution in [-0.4, -0.2) is 180 Å². The molecule has 9 amide bonds. The van der Waals surface area contributed by atoms with E-state index < -0.39 is 121 Å². The predicted octanol–water partition coefficient (Wildman–Crippen LogP) is -0.697. The summed E-state index contributed by atoms with van der Waals surface area (Å²) in [6.07, 6.45) is 11.5. The number of hydrogen-bond acceptors (Lipinski definition) is 15. The summed E-state index contributed by atoms with van der Waals surface area (Å²) in [4.78, 5) is 162. The second-order valence-corrected chi connectivity index (χ2v) is 23.8. The molecular formula is C61H85N19O11S. The van der Waals surface area contributed by atoms with Crippen molar-refractivity contribution in [3.8, 4) is 0 Å². The van der Waals surface area contributed by atoms with Gasteiger partial charge in [-0.15, -0.1) is 0 Å². The molecule has 0 aliphatic rings. The van der Waals surface area contributed by atoms with Crippen LogP contribution in [0.2, 0.25) is 0 Å². The minimum Gasteiger partial charge on any atom is -0.480 e. The number of carboxylic acids is 1. The number of carboxylic acid groups (broad SMARTS) is 1. The number of H-pyrrole nitrogens is 4. The topological polar surface area (TPSA) is 479 Å². The minimum absolute atomic E-state index is 0.0418. The molecule has 0 saturated heterocycles. The summed E-state index contributed by atoms with van der Waals surface area (Å²) in [6.45, 7) is 5.99. The van der Waals surface area contributed by atoms with Crippen LogP contribution in [0, 0.1) is 11.8 Å². The highest BCUT2D eigenvalue weighted by Gasteiger charge is 2.35. The lowest BCUT2D eigenvalue weighted by atomic mass is 9.96. The summed E-state index contributed by atoms with van der Waals surface area (Å²) in [5.41, 5.74) is 21.1. The highest BCUT2D eigenvalue weighted by molar-refractivity contribution is 7.98. The molecule has 31 heteroatoms. The molecule has 0 aliphatic heterocycles. The van der Waals surface area contributed by atoms with Crippen LogP contribution >= 0.6 is 11.8 Å². The van der Waals surface area contributed by atoms with E-state index in [1.807, 2.05) is 57.2 Å². The largest absolute Gasteiger partial charge is 0.480 e. The van der Waals surface area contributed by atoms with Crippen LogP contribution in [0.3, 0.4) is 0 Å². The Morgan fingerprint density at radius 3 is 1.60 bits per heavy atom. The number of hydrogen-bond donors (Lipinski definition) is 17. The fraction of sp³-hybridized carbons (Fsp3) is 0.459. The highest BCUT2D eigenvalue weighted by Crippen LogP contribution is 2.21. The lowest BCUT2D eigenvalue weighted by molar-refractivity contribution is -0.142. The predicted molar refractivity (Wildman–Crippen MR) is 346 cm³/mol. The second kappa shape index (κ2) is 35.6.